The topological polar surface area (TPSA) is 57.6 Å². The molecular weight excluding hydrogens is 376 g/mol. The van der Waals surface area contributed by atoms with Gasteiger partial charge in [0, 0.05) is 15.4 Å². The molecule has 4 nitrogen and oxygen atoms in total. The van der Waals surface area contributed by atoms with Gasteiger partial charge >= 0.3 is 0 Å². The summed E-state index contributed by atoms with van der Waals surface area (Å²) in [4.78, 5) is 0.0665. The van der Waals surface area contributed by atoms with E-state index in [1.54, 1.807) is 25.1 Å². The van der Waals surface area contributed by atoms with E-state index in [9.17, 15) is 17.9 Å². The highest BCUT2D eigenvalue weighted by Gasteiger charge is 2.36. The summed E-state index contributed by atoms with van der Waals surface area (Å²) in [6.07, 6.45) is 0. The fraction of sp³-hybridized carbons (Fsp3) is 0.143. The molecule has 0 saturated heterocycles. The zero-order valence-electron chi connectivity index (χ0n) is 14.5. The van der Waals surface area contributed by atoms with Crippen molar-refractivity contribution in [2.24, 2.45) is 0 Å². The summed E-state index contributed by atoms with van der Waals surface area (Å²) < 4.78 is 41.8. The number of halogens is 1. The minimum atomic E-state index is -3.90. The lowest BCUT2D eigenvalue weighted by molar-refractivity contribution is 0.474. The normalized spacial score (nSPS) is 14.9. The minimum absolute atomic E-state index is 0. The van der Waals surface area contributed by atoms with Gasteiger partial charge in [0.05, 0.1) is 16.6 Å². The van der Waals surface area contributed by atoms with E-state index < -0.39 is 21.9 Å². The van der Waals surface area contributed by atoms with Crippen molar-refractivity contribution in [3.8, 4) is 16.9 Å². The van der Waals surface area contributed by atoms with Crippen LogP contribution in [0.3, 0.4) is 0 Å². The van der Waals surface area contributed by atoms with Gasteiger partial charge in [0.25, 0.3) is 10.0 Å². The van der Waals surface area contributed by atoms with Crippen molar-refractivity contribution in [2.75, 3.05) is 4.31 Å². The van der Waals surface area contributed by atoms with Gasteiger partial charge in [-0.05, 0) is 60.5 Å². The summed E-state index contributed by atoms with van der Waals surface area (Å²) in [5.41, 5.74) is 2.73. The van der Waals surface area contributed by atoms with E-state index >= 15 is 0 Å². The summed E-state index contributed by atoms with van der Waals surface area (Å²) in [5.74, 6) is -0.416. The smallest absolute Gasteiger partial charge is 0.264 e. The Kier molecular flexibility index (Phi) is 5.90. The van der Waals surface area contributed by atoms with Gasteiger partial charge in [-0.15, -0.1) is 0 Å². The Morgan fingerprint density at radius 3 is 2.32 bits per heavy atom. The third-order valence-corrected chi connectivity index (χ3v) is 6.54. The van der Waals surface area contributed by atoms with Crippen LogP contribution in [0.25, 0.3) is 11.1 Å². The molecule has 145 valence electrons. The predicted octanol–water partition coefficient (Wildman–Crippen LogP) is 4.97. The van der Waals surface area contributed by atoms with Crippen LogP contribution in [0, 0.1) is 5.82 Å². The Morgan fingerprint density at radius 2 is 1.64 bits per heavy atom. The second-order valence-corrected chi connectivity index (χ2v) is 8.03. The lowest BCUT2D eigenvalue weighted by atomic mass is 9.90. The standard InChI is InChI=1S/C20H16FNO3S.CH4.B.H2/c1-13-19-12-14(21)6-11-17(19)18-4-2-3-5-20(18)22(13)26(24,25)16-9-7-15(23)8-10-16;;;/h2-13,23H,1H3;1H4;;1H/t13-;;;/m1.../s1/i;;;1+1. The third-order valence-electron chi connectivity index (χ3n) is 4.64. The van der Waals surface area contributed by atoms with Gasteiger partial charge in [-0.25, -0.2) is 12.8 Å². The molecule has 3 radical (unpaired) electrons. The van der Waals surface area contributed by atoms with Gasteiger partial charge in [0.2, 0.25) is 0 Å². The van der Waals surface area contributed by atoms with Crippen LogP contribution in [0.1, 0.15) is 27.4 Å². The molecule has 0 saturated carbocycles. The van der Waals surface area contributed by atoms with Crippen LogP contribution in [0.15, 0.2) is 71.6 Å². The Morgan fingerprint density at radius 1 is 1.00 bits per heavy atom. The fourth-order valence-electron chi connectivity index (χ4n) is 3.42. The highest BCUT2D eigenvalue weighted by Crippen LogP contribution is 2.47. The van der Waals surface area contributed by atoms with Crippen molar-refractivity contribution >= 4 is 24.1 Å². The average Bonchev–Trinajstić information content (AvgIpc) is 2.62. The summed E-state index contributed by atoms with van der Waals surface area (Å²) >= 11 is 0. The maximum atomic E-state index is 13.8. The quantitative estimate of drug-likeness (QED) is 0.619. The Hall–Kier alpha value is -2.80. The molecule has 3 aromatic carbocycles. The number of phenolic OH excluding ortho intramolecular Hbond substituents is 1. The number of nitrogens with zero attached hydrogens (tertiary/aromatic N) is 1. The van der Waals surface area contributed by atoms with Crippen molar-refractivity contribution in [3.63, 3.8) is 0 Å². The van der Waals surface area contributed by atoms with Gasteiger partial charge in [-0.2, -0.15) is 0 Å². The Bertz CT molecular complexity index is 1110. The number of aromatic hydroxyl groups is 1. The number of hydrogen-bond donors (Lipinski definition) is 1. The first-order valence-electron chi connectivity index (χ1n) is 8.12. The zero-order chi connectivity index (χ0) is 18.5. The molecule has 0 unspecified atom stereocenters. The van der Waals surface area contributed by atoms with Gasteiger partial charge < -0.3 is 5.11 Å². The van der Waals surface area contributed by atoms with Crippen LogP contribution in [-0.4, -0.2) is 21.9 Å². The van der Waals surface area contributed by atoms with E-state index in [0.717, 1.165) is 11.1 Å². The largest absolute Gasteiger partial charge is 0.508 e. The minimum Gasteiger partial charge on any atom is -0.508 e. The van der Waals surface area contributed by atoms with Gasteiger partial charge in [0.15, 0.2) is 0 Å². The molecule has 1 N–H and O–H groups in total. The molecule has 0 amide bonds. The van der Waals surface area contributed by atoms with Gasteiger partial charge in [0.1, 0.15) is 11.6 Å². The zero-order valence-corrected chi connectivity index (χ0v) is 15.3. The molecule has 1 aliphatic rings. The van der Waals surface area contributed by atoms with E-state index in [1.165, 1.54) is 40.7 Å². The molecule has 0 spiro atoms. The van der Waals surface area contributed by atoms with E-state index in [2.05, 4.69) is 0 Å². The van der Waals surface area contributed by atoms with Gasteiger partial charge in [-0.3, -0.25) is 4.31 Å². The van der Waals surface area contributed by atoms with Crippen LogP contribution >= 0.6 is 0 Å². The number of hydrogen-bond acceptors (Lipinski definition) is 3. The molecule has 0 aliphatic carbocycles. The lowest BCUT2D eigenvalue weighted by Gasteiger charge is -2.37. The molecule has 0 bridgehead atoms. The van der Waals surface area contributed by atoms with Gasteiger partial charge in [-0.1, -0.05) is 31.7 Å². The van der Waals surface area contributed by atoms with Crippen molar-refractivity contribution in [1.82, 2.24) is 0 Å². The molecule has 1 aliphatic heterocycles. The number of anilines is 1. The molecule has 28 heavy (non-hydrogen) atoms. The molecule has 0 fully saturated rings. The SMILES string of the molecule is C.C[C@@H]1c2cc(F)ccc2-c2ccccc2N1S(=O)(=O)c1ccc(O)cc1.[2HH].[B]. The first-order chi connectivity index (χ1) is 12.4. The first-order valence-corrected chi connectivity index (χ1v) is 9.56. The number of phenols is 1. The van der Waals surface area contributed by atoms with Crippen LogP contribution in [0.4, 0.5) is 10.1 Å². The van der Waals surface area contributed by atoms with Crippen LogP contribution in [-0.2, 0) is 10.0 Å². The molecule has 7 heteroatoms. The Balaban J connectivity index is 0.00000140. The highest BCUT2D eigenvalue weighted by atomic mass is 32.2. The monoisotopic (exact) mass is 399 g/mol. The van der Waals surface area contributed by atoms with Crippen LogP contribution < -0.4 is 4.31 Å². The molecule has 1 atom stereocenters. The molecule has 3 aromatic rings. The van der Waals surface area contributed by atoms with E-state index in [1.807, 2.05) is 12.1 Å². The van der Waals surface area contributed by atoms with Crippen molar-refractivity contribution in [2.45, 2.75) is 25.3 Å². The second kappa shape index (κ2) is 7.68. The maximum Gasteiger partial charge on any atom is 0.264 e. The highest BCUT2D eigenvalue weighted by molar-refractivity contribution is 7.92. The summed E-state index contributed by atoms with van der Waals surface area (Å²) in [5, 5.41) is 9.45. The number of rotatable bonds is 2. The van der Waals surface area contributed by atoms with E-state index in [4.69, 9.17) is 0 Å². The molecule has 1 heterocycles. The second-order valence-electron chi connectivity index (χ2n) is 6.22. The number of benzene rings is 3. The predicted molar refractivity (Wildman–Crippen MR) is 113 cm³/mol. The summed E-state index contributed by atoms with van der Waals surface area (Å²) in [7, 11) is -3.90. The van der Waals surface area contributed by atoms with Crippen molar-refractivity contribution < 1.29 is 19.3 Å². The molecule has 0 aromatic heterocycles. The molecular formula is C21H22BFNO3S. The average molecular weight is 399 g/mol. The van der Waals surface area contributed by atoms with Crippen molar-refractivity contribution in [3.05, 3.63) is 78.1 Å². The number of sulfonamides is 1. The van der Waals surface area contributed by atoms with E-state index in [-0.39, 0.29) is 27.9 Å². The number of fused-ring (bicyclic) bond motifs is 3. The van der Waals surface area contributed by atoms with Crippen LogP contribution in [0.5, 0.6) is 5.75 Å². The van der Waals surface area contributed by atoms with Crippen LogP contribution in [0.2, 0.25) is 0 Å². The fourth-order valence-corrected chi connectivity index (χ4v) is 5.08. The summed E-state index contributed by atoms with van der Waals surface area (Å²) in [6, 6.07) is 16.4. The Labute approximate surface area is 168 Å². The number of para-hydroxylation sites is 1. The summed E-state index contributed by atoms with van der Waals surface area (Å²) in [6.45, 7) is 1.74. The molecule has 4 rings (SSSR count). The van der Waals surface area contributed by atoms with Crippen molar-refractivity contribution in [1.29, 1.82) is 0 Å². The van der Waals surface area contributed by atoms with E-state index in [0.29, 0.717) is 11.3 Å². The maximum absolute atomic E-state index is 13.8. The first kappa shape index (κ1) is 21.5. The third kappa shape index (κ3) is 3.26. The lowest BCUT2D eigenvalue weighted by Crippen LogP contribution is -2.36.